The summed E-state index contributed by atoms with van der Waals surface area (Å²) in [6.07, 6.45) is 0. The number of hydrogen-bond acceptors (Lipinski definition) is 3. The Morgan fingerprint density at radius 3 is 2.29 bits per heavy atom. The average Bonchev–Trinajstić information content (AvgIpc) is 2.60. The van der Waals surface area contributed by atoms with E-state index in [2.05, 4.69) is 24.5 Å². The average molecular weight is 326 g/mol. The van der Waals surface area contributed by atoms with Crippen LogP contribution in [0, 0.1) is 0 Å². The molecule has 0 aromatic heterocycles. The number of carbonyl (C=O) groups excluding carboxylic acids is 2. The molecule has 2 aromatic carbocycles. The summed E-state index contributed by atoms with van der Waals surface area (Å²) in [7, 11) is 1.56. The smallest absolute Gasteiger partial charge is 0.313 e. The molecule has 0 saturated carbocycles. The molecule has 5 heteroatoms. The Morgan fingerprint density at radius 2 is 1.67 bits per heavy atom. The molecule has 5 nitrogen and oxygen atoms in total. The minimum atomic E-state index is -0.692. The molecule has 0 fully saturated rings. The van der Waals surface area contributed by atoms with Crippen LogP contribution in [-0.4, -0.2) is 18.9 Å². The summed E-state index contributed by atoms with van der Waals surface area (Å²) < 4.78 is 5.21. The highest BCUT2D eigenvalue weighted by Crippen LogP contribution is 2.18. The van der Waals surface area contributed by atoms with Crippen molar-refractivity contribution >= 4 is 17.5 Å². The van der Waals surface area contributed by atoms with E-state index >= 15 is 0 Å². The largest absolute Gasteiger partial charge is 0.496 e. The highest BCUT2D eigenvalue weighted by atomic mass is 16.5. The van der Waals surface area contributed by atoms with Gasteiger partial charge in [0.05, 0.1) is 7.11 Å². The second kappa shape index (κ2) is 8.15. The maximum Gasteiger partial charge on any atom is 0.313 e. The molecular weight excluding hydrogens is 304 g/mol. The van der Waals surface area contributed by atoms with Crippen LogP contribution in [-0.2, 0) is 16.1 Å². The van der Waals surface area contributed by atoms with E-state index in [4.69, 9.17) is 4.74 Å². The second-order valence-corrected chi connectivity index (χ2v) is 5.73. The van der Waals surface area contributed by atoms with Crippen LogP contribution >= 0.6 is 0 Å². The third kappa shape index (κ3) is 4.59. The Kier molecular flexibility index (Phi) is 5.95. The zero-order chi connectivity index (χ0) is 17.5. The lowest BCUT2D eigenvalue weighted by Gasteiger charge is -2.10. The maximum absolute atomic E-state index is 12.0. The van der Waals surface area contributed by atoms with Crippen molar-refractivity contribution in [1.29, 1.82) is 0 Å². The third-order valence-corrected chi connectivity index (χ3v) is 3.67. The van der Waals surface area contributed by atoms with Gasteiger partial charge in [-0.2, -0.15) is 0 Å². The molecule has 0 aliphatic rings. The van der Waals surface area contributed by atoms with Crippen molar-refractivity contribution in [3.8, 4) is 5.75 Å². The number of para-hydroxylation sites is 1. The van der Waals surface area contributed by atoms with E-state index in [1.807, 2.05) is 30.3 Å². The van der Waals surface area contributed by atoms with E-state index in [0.29, 0.717) is 17.4 Å². The van der Waals surface area contributed by atoms with Crippen LogP contribution in [0.1, 0.15) is 30.9 Å². The summed E-state index contributed by atoms with van der Waals surface area (Å²) in [6.45, 7) is 4.42. The van der Waals surface area contributed by atoms with E-state index in [-0.39, 0.29) is 6.54 Å². The molecule has 2 rings (SSSR count). The molecule has 24 heavy (non-hydrogen) atoms. The Morgan fingerprint density at radius 1 is 1.00 bits per heavy atom. The molecule has 0 bridgehead atoms. The van der Waals surface area contributed by atoms with Gasteiger partial charge >= 0.3 is 11.8 Å². The Hall–Kier alpha value is -2.82. The second-order valence-electron chi connectivity index (χ2n) is 5.73. The fraction of sp³-hybridized carbons (Fsp3) is 0.263. The topological polar surface area (TPSA) is 67.4 Å². The SMILES string of the molecule is COc1ccccc1CNC(=O)C(=O)Nc1ccc(C(C)C)cc1. The molecule has 126 valence electrons. The maximum atomic E-state index is 12.0. The first-order chi connectivity index (χ1) is 11.5. The number of methoxy groups -OCH3 is 1. The molecular formula is C19H22N2O3. The van der Waals surface area contributed by atoms with Crippen LogP contribution in [0.15, 0.2) is 48.5 Å². The molecule has 2 N–H and O–H groups in total. The number of benzene rings is 2. The van der Waals surface area contributed by atoms with Gasteiger partial charge in [0.15, 0.2) is 0 Å². The van der Waals surface area contributed by atoms with Gasteiger partial charge in [0.1, 0.15) is 5.75 Å². The van der Waals surface area contributed by atoms with Crippen LogP contribution in [0.2, 0.25) is 0 Å². The lowest BCUT2D eigenvalue weighted by Crippen LogP contribution is -2.35. The first-order valence-electron chi connectivity index (χ1n) is 7.82. The molecule has 0 heterocycles. The van der Waals surface area contributed by atoms with Gasteiger partial charge in [0, 0.05) is 17.8 Å². The van der Waals surface area contributed by atoms with Gasteiger partial charge in [-0.1, -0.05) is 44.2 Å². The van der Waals surface area contributed by atoms with Crippen molar-refractivity contribution in [2.75, 3.05) is 12.4 Å². The van der Waals surface area contributed by atoms with Gasteiger partial charge in [0.2, 0.25) is 0 Å². The number of anilines is 1. The van der Waals surface area contributed by atoms with E-state index < -0.39 is 11.8 Å². The van der Waals surface area contributed by atoms with Gasteiger partial charge in [-0.15, -0.1) is 0 Å². The summed E-state index contributed by atoms with van der Waals surface area (Å²) in [5.41, 5.74) is 2.58. The summed E-state index contributed by atoms with van der Waals surface area (Å²) in [6, 6.07) is 14.8. The first-order valence-corrected chi connectivity index (χ1v) is 7.82. The summed E-state index contributed by atoms with van der Waals surface area (Å²) in [4.78, 5) is 23.9. The molecule has 0 aliphatic carbocycles. The molecule has 2 amide bonds. The number of hydrogen-bond donors (Lipinski definition) is 2. The van der Waals surface area contributed by atoms with Crippen LogP contribution in [0.25, 0.3) is 0 Å². The predicted octanol–water partition coefficient (Wildman–Crippen LogP) is 3.07. The number of ether oxygens (including phenoxy) is 1. The van der Waals surface area contributed by atoms with Gasteiger partial charge in [-0.25, -0.2) is 0 Å². The van der Waals surface area contributed by atoms with E-state index in [0.717, 1.165) is 5.56 Å². The quantitative estimate of drug-likeness (QED) is 0.830. The van der Waals surface area contributed by atoms with E-state index in [9.17, 15) is 9.59 Å². The number of amides is 2. The molecule has 0 unspecified atom stereocenters. The molecule has 2 aromatic rings. The molecule has 0 saturated heterocycles. The highest BCUT2D eigenvalue weighted by Gasteiger charge is 2.14. The summed E-state index contributed by atoms with van der Waals surface area (Å²) >= 11 is 0. The zero-order valence-corrected chi connectivity index (χ0v) is 14.1. The Bertz CT molecular complexity index is 709. The van der Waals surface area contributed by atoms with Crippen LogP contribution in [0.4, 0.5) is 5.69 Å². The summed E-state index contributed by atoms with van der Waals surface area (Å²) in [5.74, 6) is -0.294. The molecule has 0 aliphatic heterocycles. The minimum Gasteiger partial charge on any atom is -0.496 e. The molecule has 0 atom stereocenters. The Labute approximate surface area is 142 Å². The van der Waals surface area contributed by atoms with E-state index in [1.165, 1.54) is 5.56 Å². The standard InChI is InChI=1S/C19H22N2O3/c1-13(2)14-8-10-16(11-9-14)21-19(23)18(22)20-12-15-6-4-5-7-17(15)24-3/h4-11,13H,12H2,1-3H3,(H,20,22)(H,21,23). The minimum absolute atomic E-state index is 0.225. The molecule has 0 spiro atoms. The fourth-order valence-electron chi connectivity index (χ4n) is 2.24. The lowest BCUT2D eigenvalue weighted by molar-refractivity contribution is -0.136. The van der Waals surface area contributed by atoms with Crippen LogP contribution in [0.5, 0.6) is 5.75 Å². The highest BCUT2D eigenvalue weighted by molar-refractivity contribution is 6.39. The van der Waals surface area contributed by atoms with Crippen molar-refractivity contribution < 1.29 is 14.3 Å². The van der Waals surface area contributed by atoms with Gasteiger partial charge in [-0.05, 0) is 29.7 Å². The fourth-order valence-corrected chi connectivity index (χ4v) is 2.24. The lowest BCUT2D eigenvalue weighted by atomic mass is 10.0. The number of rotatable bonds is 5. The zero-order valence-electron chi connectivity index (χ0n) is 14.1. The van der Waals surface area contributed by atoms with Gasteiger partial charge in [-0.3, -0.25) is 9.59 Å². The van der Waals surface area contributed by atoms with Crippen LogP contribution in [0.3, 0.4) is 0 Å². The van der Waals surface area contributed by atoms with Crippen LogP contribution < -0.4 is 15.4 Å². The predicted molar refractivity (Wildman–Crippen MR) is 94.0 cm³/mol. The third-order valence-electron chi connectivity index (χ3n) is 3.67. The molecule has 0 radical (unpaired) electrons. The normalized spacial score (nSPS) is 10.3. The first kappa shape index (κ1) is 17.5. The monoisotopic (exact) mass is 326 g/mol. The van der Waals surface area contributed by atoms with E-state index in [1.54, 1.807) is 25.3 Å². The van der Waals surface area contributed by atoms with Gasteiger partial charge < -0.3 is 15.4 Å². The van der Waals surface area contributed by atoms with Crippen molar-refractivity contribution in [1.82, 2.24) is 5.32 Å². The Balaban J connectivity index is 1.91. The van der Waals surface area contributed by atoms with Crippen molar-refractivity contribution in [2.45, 2.75) is 26.3 Å². The van der Waals surface area contributed by atoms with Crippen molar-refractivity contribution in [3.63, 3.8) is 0 Å². The van der Waals surface area contributed by atoms with Crippen molar-refractivity contribution in [3.05, 3.63) is 59.7 Å². The van der Waals surface area contributed by atoms with Gasteiger partial charge in [0.25, 0.3) is 0 Å². The number of nitrogens with one attached hydrogen (secondary N) is 2. The van der Waals surface area contributed by atoms with Crippen molar-refractivity contribution in [2.24, 2.45) is 0 Å². The summed E-state index contributed by atoms with van der Waals surface area (Å²) in [5, 5.41) is 5.18. The number of carbonyl (C=O) groups is 2.